The number of rotatable bonds is 13. The van der Waals surface area contributed by atoms with Gasteiger partial charge in [0.1, 0.15) is 19.8 Å². The maximum Gasteiger partial charge on any atom is 0.344 e. The van der Waals surface area contributed by atoms with E-state index in [0.717, 1.165) is 13.2 Å². The summed E-state index contributed by atoms with van der Waals surface area (Å²) in [6, 6.07) is 0. The molecule has 0 radical (unpaired) electrons. The van der Waals surface area contributed by atoms with Crippen molar-refractivity contribution >= 4 is 35.6 Å². The molecule has 13 nitrogen and oxygen atoms in total. The smallest absolute Gasteiger partial charge is 0.344 e. The zero-order valence-corrected chi connectivity index (χ0v) is 22.7. The molecule has 0 rings (SSSR count). The van der Waals surface area contributed by atoms with Crippen LogP contribution in [-0.4, -0.2) is 88.7 Å². The molecule has 0 heterocycles. The number of hydrogen-bond donors (Lipinski definition) is 0. The first-order chi connectivity index (χ1) is 16.9. The number of esters is 5. The maximum atomic E-state index is 10.6. The van der Waals surface area contributed by atoms with E-state index >= 15 is 0 Å². The van der Waals surface area contributed by atoms with Gasteiger partial charge in [-0.05, 0) is 41.5 Å². The van der Waals surface area contributed by atoms with Crippen LogP contribution in [0.4, 0.5) is 0 Å². The van der Waals surface area contributed by atoms with Crippen molar-refractivity contribution in [3.8, 4) is 0 Å². The maximum absolute atomic E-state index is 10.6. The lowest BCUT2D eigenvalue weighted by Gasteiger charge is -2.00. The van der Waals surface area contributed by atoms with Crippen LogP contribution < -0.4 is 0 Å². The number of carbonyl (C=O) groups is 6. The summed E-state index contributed by atoms with van der Waals surface area (Å²) in [5.41, 5.74) is 0. The van der Waals surface area contributed by atoms with Crippen molar-refractivity contribution < 1.29 is 61.9 Å². The monoisotopic (exact) mass is 526 g/mol. The summed E-state index contributed by atoms with van der Waals surface area (Å²) in [7, 11) is 0. The van der Waals surface area contributed by atoms with E-state index in [4.69, 9.17) is 9.47 Å². The number of Topliss-reactive ketones (excluding diaryl/α,β-unsaturated/α-hetero) is 1. The SMILES string of the molecule is CC(=O)COC(C)=O.CCOC(=O)CC(=O)OCC.CCOC(=O)COC(C)=O.CCOCOCC. The highest BCUT2D eigenvalue weighted by Gasteiger charge is 2.09. The summed E-state index contributed by atoms with van der Waals surface area (Å²) in [6.07, 6.45) is -0.290. The third-order valence-electron chi connectivity index (χ3n) is 2.65. The average Bonchev–Trinajstić information content (AvgIpc) is 2.78. The summed E-state index contributed by atoms with van der Waals surface area (Å²) < 4.78 is 31.9. The molecule has 0 saturated heterocycles. The van der Waals surface area contributed by atoms with Gasteiger partial charge in [-0.1, -0.05) is 0 Å². The minimum Gasteiger partial charge on any atom is -0.466 e. The van der Waals surface area contributed by atoms with Gasteiger partial charge in [-0.25, -0.2) is 4.79 Å². The molecule has 0 bridgehead atoms. The molecule has 0 unspecified atom stereocenters. The number of carbonyl (C=O) groups excluding carboxylic acids is 6. The number of ether oxygens (including phenoxy) is 7. The first-order valence-corrected chi connectivity index (χ1v) is 11.3. The van der Waals surface area contributed by atoms with Crippen molar-refractivity contribution in [3.05, 3.63) is 0 Å². The minimum absolute atomic E-state index is 0.102. The molecule has 212 valence electrons. The van der Waals surface area contributed by atoms with Gasteiger partial charge in [0.25, 0.3) is 0 Å². The summed E-state index contributed by atoms with van der Waals surface area (Å²) in [6.45, 7) is 15.2. The molecule has 36 heavy (non-hydrogen) atoms. The standard InChI is InChI=1S/C7H12O4.C6H10O4.C5H8O3.C5H12O2/c1-3-10-6(8)5-7(9)11-4-2;1-3-9-6(8)4-10-5(2)7;1-4(6)3-8-5(2)7;1-3-6-5-7-4-2/h3-5H2,1-2H3;3-4H2,1-2H3;3H2,1-2H3;3-5H2,1-2H3. The molecule has 0 aromatic heterocycles. The Morgan fingerprint density at radius 3 is 1.11 bits per heavy atom. The molecule has 0 aliphatic carbocycles. The van der Waals surface area contributed by atoms with E-state index < -0.39 is 29.8 Å². The van der Waals surface area contributed by atoms with Crippen molar-refractivity contribution in [2.45, 2.75) is 61.8 Å². The van der Waals surface area contributed by atoms with Gasteiger partial charge in [0, 0.05) is 27.1 Å². The fraction of sp³-hybridized carbons (Fsp3) is 0.739. The van der Waals surface area contributed by atoms with Gasteiger partial charge in [0.05, 0.1) is 19.8 Å². The second-order valence-corrected chi connectivity index (χ2v) is 5.96. The van der Waals surface area contributed by atoms with Gasteiger partial charge in [-0.3, -0.25) is 24.0 Å². The van der Waals surface area contributed by atoms with E-state index in [1.54, 1.807) is 20.8 Å². The van der Waals surface area contributed by atoms with Crippen LogP contribution in [0.1, 0.15) is 61.8 Å². The van der Waals surface area contributed by atoms with Gasteiger partial charge in [0.15, 0.2) is 12.4 Å². The quantitative estimate of drug-likeness (QED) is 0.112. The summed E-state index contributed by atoms with van der Waals surface area (Å²) in [5, 5.41) is 0. The molecule has 0 aliphatic rings. The fourth-order valence-corrected chi connectivity index (χ4v) is 1.33. The third kappa shape index (κ3) is 48.4. The highest BCUT2D eigenvalue weighted by Crippen LogP contribution is 1.89. The fourth-order valence-electron chi connectivity index (χ4n) is 1.33. The van der Waals surface area contributed by atoms with Crippen molar-refractivity contribution in [2.24, 2.45) is 0 Å². The summed E-state index contributed by atoms with van der Waals surface area (Å²) in [5.74, 6) is -2.62. The molecule has 0 saturated carbocycles. The van der Waals surface area contributed by atoms with Crippen molar-refractivity contribution in [3.63, 3.8) is 0 Å². The largest absolute Gasteiger partial charge is 0.466 e. The van der Waals surface area contributed by atoms with Crippen LogP contribution in [0, 0.1) is 0 Å². The van der Waals surface area contributed by atoms with Crippen LogP contribution in [0.25, 0.3) is 0 Å². The van der Waals surface area contributed by atoms with Crippen LogP contribution in [0.2, 0.25) is 0 Å². The van der Waals surface area contributed by atoms with E-state index in [1.807, 2.05) is 13.8 Å². The first-order valence-electron chi connectivity index (χ1n) is 11.3. The van der Waals surface area contributed by atoms with Crippen molar-refractivity contribution in [1.82, 2.24) is 0 Å². The third-order valence-corrected chi connectivity index (χ3v) is 2.65. The van der Waals surface area contributed by atoms with Gasteiger partial charge in [-0.15, -0.1) is 0 Å². The van der Waals surface area contributed by atoms with Crippen LogP contribution in [0.15, 0.2) is 0 Å². The van der Waals surface area contributed by atoms with E-state index in [2.05, 4.69) is 23.7 Å². The Morgan fingerprint density at radius 1 is 0.472 bits per heavy atom. The Morgan fingerprint density at radius 2 is 0.833 bits per heavy atom. The molecule has 0 spiro atoms. The Kier molecular flexibility index (Phi) is 35.6. The lowest BCUT2D eigenvalue weighted by atomic mass is 10.4. The van der Waals surface area contributed by atoms with Crippen LogP contribution in [0.3, 0.4) is 0 Å². The van der Waals surface area contributed by atoms with Crippen LogP contribution >= 0.6 is 0 Å². The van der Waals surface area contributed by atoms with Gasteiger partial charge in [-0.2, -0.15) is 0 Å². The van der Waals surface area contributed by atoms with E-state index in [0.29, 0.717) is 13.4 Å². The lowest BCUT2D eigenvalue weighted by molar-refractivity contribution is -0.157. The van der Waals surface area contributed by atoms with Crippen molar-refractivity contribution in [1.29, 1.82) is 0 Å². The van der Waals surface area contributed by atoms with Crippen LogP contribution in [-0.2, 0) is 61.9 Å². The molecule has 0 N–H and O–H groups in total. The Balaban J connectivity index is -0.000000192. The second kappa shape index (κ2) is 31.9. The Bertz CT molecular complexity index is 569. The topological polar surface area (TPSA) is 167 Å². The molecule has 0 aromatic carbocycles. The molecule has 0 atom stereocenters. The molecule has 13 heteroatoms. The lowest BCUT2D eigenvalue weighted by Crippen LogP contribution is -2.14. The highest BCUT2D eigenvalue weighted by atomic mass is 16.7. The number of ketones is 1. The average molecular weight is 527 g/mol. The zero-order chi connectivity index (χ0) is 28.8. The van der Waals surface area contributed by atoms with E-state index in [9.17, 15) is 28.8 Å². The second-order valence-electron chi connectivity index (χ2n) is 5.96. The summed E-state index contributed by atoms with van der Waals surface area (Å²) >= 11 is 0. The molecule has 0 amide bonds. The van der Waals surface area contributed by atoms with Gasteiger partial charge in [0.2, 0.25) is 0 Å². The first kappa shape index (κ1) is 40.1. The normalized spacial score (nSPS) is 8.78. The molecule has 0 aliphatic heterocycles. The Labute approximate surface area is 213 Å². The van der Waals surface area contributed by atoms with E-state index in [1.165, 1.54) is 20.8 Å². The van der Waals surface area contributed by atoms with Gasteiger partial charge >= 0.3 is 29.8 Å². The predicted octanol–water partition coefficient (Wildman–Crippen LogP) is 1.77. The van der Waals surface area contributed by atoms with Gasteiger partial charge < -0.3 is 33.2 Å². The molecule has 0 fully saturated rings. The molecular formula is C23H42O13. The summed E-state index contributed by atoms with van der Waals surface area (Å²) in [4.78, 5) is 61.8. The predicted molar refractivity (Wildman–Crippen MR) is 127 cm³/mol. The molecular weight excluding hydrogens is 484 g/mol. The highest BCUT2D eigenvalue weighted by molar-refractivity contribution is 5.91. The minimum atomic E-state index is -0.536. The van der Waals surface area contributed by atoms with Crippen molar-refractivity contribution in [2.75, 3.05) is 53.0 Å². The zero-order valence-electron chi connectivity index (χ0n) is 22.7. The Hall–Kier alpha value is -3.06. The van der Waals surface area contributed by atoms with E-state index in [-0.39, 0.29) is 38.6 Å². The van der Waals surface area contributed by atoms with Crippen LogP contribution in [0.5, 0.6) is 0 Å². The number of hydrogen-bond acceptors (Lipinski definition) is 13. The molecule has 0 aromatic rings.